The van der Waals surface area contributed by atoms with Crippen molar-refractivity contribution < 1.29 is 8.42 Å². The molecule has 0 bridgehead atoms. The third-order valence-corrected chi connectivity index (χ3v) is 5.70. The van der Waals surface area contributed by atoms with E-state index < -0.39 is 10.0 Å². The quantitative estimate of drug-likeness (QED) is 0.803. The Morgan fingerprint density at radius 3 is 2.44 bits per heavy atom. The van der Waals surface area contributed by atoms with Crippen molar-refractivity contribution in [3.05, 3.63) is 11.9 Å². The van der Waals surface area contributed by atoms with Crippen molar-refractivity contribution in [2.75, 3.05) is 26.2 Å². The Hall–Kier alpha value is -0.630. The smallest absolute Gasteiger partial charge is 0.246 e. The molecule has 2 aliphatic heterocycles. The second kappa shape index (κ2) is 4.80. The molecule has 2 N–H and O–H groups in total. The lowest BCUT2D eigenvalue weighted by Crippen LogP contribution is -2.32. The number of hydrogen-bond acceptors (Lipinski definition) is 4. The lowest BCUT2D eigenvalue weighted by molar-refractivity contribution is 0.447. The molecule has 2 aliphatic rings. The van der Waals surface area contributed by atoms with Gasteiger partial charge in [0.05, 0.1) is 11.9 Å². The van der Waals surface area contributed by atoms with Gasteiger partial charge in [0.2, 0.25) is 10.0 Å². The summed E-state index contributed by atoms with van der Waals surface area (Å²) in [5, 5.41) is 9.77. The van der Waals surface area contributed by atoms with Crippen LogP contribution in [0.1, 0.15) is 5.69 Å². The first-order valence-electron chi connectivity index (χ1n) is 5.80. The van der Waals surface area contributed by atoms with Crippen LogP contribution in [0.25, 0.3) is 0 Å². The fraction of sp³-hybridized carbons (Fsp3) is 0.700. The number of nitrogens with zero attached hydrogens (tertiary/aromatic N) is 2. The van der Waals surface area contributed by atoms with Crippen LogP contribution >= 0.6 is 12.4 Å². The molecule has 18 heavy (non-hydrogen) atoms. The summed E-state index contributed by atoms with van der Waals surface area (Å²) in [6.45, 7) is 4.86. The first-order valence-corrected chi connectivity index (χ1v) is 7.24. The Bertz CT molecular complexity index is 518. The van der Waals surface area contributed by atoms with E-state index >= 15 is 0 Å². The number of aryl methyl sites for hydroxylation is 1. The van der Waals surface area contributed by atoms with E-state index in [1.165, 1.54) is 6.20 Å². The van der Waals surface area contributed by atoms with E-state index in [1.807, 2.05) is 0 Å². The minimum atomic E-state index is -3.36. The summed E-state index contributed by atoms with van der Waals surface area (Å²) in [6, 6.07) is 0. The molecule has 102 valence electrons. The molecule has 3 rings (SSSR count). The van der Waals surface area contributed by atoms with Crippen molar-refractivity contribution in [1.82, 2.24) is 19.8 Å². The lowest BCUT2D eigenvalue weighted by atomic mass is 10.0. The van der Waals surface area contributed by atoms with Gasteiger partial charge in [0, 0.05) is 13.1 Å². The summed E-state index contributed by atoms with van der Waals surface area (Å²) in [4.78, 5) is 0.311. The summed E-state index contributed by atoms with van der Waals surface area (Å²) in [5.74, 6) is 0.939. The Kier molecular flexibility index (Phi) is 3.68. The predicted octanol–water partition coefficient (Wildman–Crippen LogP) is -0.0202. The van der Waals surface area contributed by atoms with Gasteiger partial charge in [0.15, 0.2) is 0 Å². The molecule has 3 heterocycles. The summed E-state index contributed by atoms with van der Waals surface area (Å²) >= 11 is 0. The SMILES string of the molecule is Cc1[nH]ncc1S(=O)(=O)N1C[C@H]2CNC[C@H]2C1.Cl. The second-order valence-electron chi connectivity index (χ2n) is 4.86. The molecule has 0 amide bonds. The highest BCUT2D eigenvalue weighted by Crippen LogP contribution is 2.31. The number of rotatable bonds is 2. The van der Waals surface area contributed by atoms with E-state index in [2.05, 4.69) is 15.5 Å². The number of H-pyrrole nitrogens is 1. The molecule has 0 unspecified atom stereocenters. The number of sulfonamides is 1. The normalized spacial score (nSPS) is 28.1. The Balaban J connectivity index is 0.00000120. The molecular formula is C10H17ClN4O2S. The Morgan fingerprint density at radius 2 is 1.94 bits per heavy atom. The van der Waals surface area contributed by atoms with E-state index in [1.54, 1.807) is 11.2 Å². The lowest BCUT2D eigenvalue weighted by Gasteiger charge is -2.16. The molecule has 1 aromatic rings. The van der Waals surface area contributed by atoms with Crippen LogP contribution in [0.5, 0.6) is 0 Å². The van der Waals surface area contributed by atoms with Gasteiger partial charge in [-0.3, -0.25) is 5.10 Å². The highest BCUT2D eigenvalue weighted by molar-refractivity contribution is 7.89. The minimum Gasteiger partial charge on any atom is -0.316 e. The molecule has 0 aliphatic carbocycles. The van der Waals surface area contributed by atoms with Gasteiger partial charge in [-0.15, -0.1) is 12.4 Å². The number of fused-ring (bicyclic) bond motifs is 1. The minimum absolute atomic E-state index is 0. The number of hydrogen-bond donors (Lipinski definition) is 2. The molecule has 2 saturated heterocycles. The van der Waals surface area contributed by atoms with Crippen LogP contribution < -0.4 is 5.32 Å². The van der Waals surface area contributed by atoms with E-state index in [0.29, 0.717) is 35.5 Å². The van der Waals surface area contributed by atoms with E-state index in [0.717, 1.165) is 13.1 Å². The van der Waals surface area contributed by atoms with Crippen molar-refractivity contribution in [1.29, 1.82) is 0 Å². The van der Waals surface area contributed by atoms with Gasteiger partial charge >= 0.3 is 0 Å². The third-order valence-electron chi connectivity index (χ3n) is 3.76. The van der Waals surface area contributed by atoms with Crippen LogP contribution in [-0.4, -0.2) is 49.1 Å². The second-order valence-corrected chi connectivity index (χ2v) is 6.77. The van der Waals surface area contributed by atoms with Gasteiger partial charge in [0.1, 0.15) is 4.90 Å². The van der Waals surface area contributed by atoms with Crippen molar-refractivity contribution in [3.63, 3.8) is 0 Å². The average Bonchev–Trinajstić information content (AvgIpc) is 2.89. The molecule has 1 aromatic heterocycles. The van der Waals surface area contributed by atoms with Crippen molar-refractivity contribution >= 4 is 22.4 Å². The number of aromatic amines is 1. The van der Waals surface area contributed by atoms with Gasteiger partial charge in [-0.2, -0.15) is 9.40 Å². The van der Waals surface area contributed by atoms with Gasteiger partial charge in [0.25, 0.3) is 0 Å². The predicted molar refractivity (Wildman–Crippen MR) is 69.2 cm³/mol. The maximum absolute atomic E-state index is 12.4. The fourth-order valence-corrected chi connectivity index (χ4v) is 4.42. The summed E-state index contributed by atoms with van der Waals surface area (Å²) in [6.07, 6.45) is 1.40. The third kappa shape index (κ3) is 2.05. The van der Waals surface area contributed by atoms with Crippen molar-refractivity contribution in [3.8, 4) is 0 Å². The number of halogens is 1. The van der Waals surface area contributed by atoms with Crippen molar-refractivity contribution in [2.24, 2.45) is 11.8 Å². The Morgan fingerprint density at radius 1 is 1.33 bits per heavy atom. The van der Waals surface area contributed by atoms with Crippen molar-refractivity contribution in [2.45, 2.75) is 11.8 Å². The maximum Gasteiger partial charge on any atom is 0.246 e. The first-order chi connectivity index (χ1) is 8.09. The standard InChI is InChI=1S/C10H16N4O2S.ClH/c1-7-10(4-12-13-7)17(15,16)14-5-8-2-11-3-9(8)6-14;/h4,8-9,11H,2-3,5-6H2,1H3,(H,12,13);1H/t8-,9+;. The summed E-state index contributed by atoms with van der Waals surface area (Å²) in [5.41, 5.74) is 0.611. The highest BCUT2D eigenvalue weighted by atomic mass is 35.5. The van der Waals surface area contributed by atoms with E-state index in [9.17, 15) is 8.42 Å². The summed E-state index contributed by atoms with van der Waals surface area (Å²) < 4.78 is 26.4. The van der Waals surface area contributed by atoms with Gasteiger partial charge in [-0.25, -0.2) is 8.42 Å². The van der Waals surface area contributed by atoms with Gasteiger partial charge in [-0.05, 0) is 31.8 Å². The van der Waals surface area contributed by atoms with Crippen LogP contribution in [0.15, 0.2) is 11.1 Å². The van der Waals surface area contributed by atoms with Crippen LogP contribution in [0.3, 0.4) is 0 Å². The average molecular weight is 293 g/mol. The van der Waals surface area contributed by atoms with Crippen LogP contribution in [0, 0.1) is 18.8 Å². The maximum atomic E-state index is 12.4. The van der Waals surface area contributed by atoms with E-state index in [4.69, 9.17) is 0 Å². The largest absolute Gasteiger partial charge is 0.316 e. The zero-order chi connectivity index (χ0) is 12.0. The molecule has 0 saturated carbocycles. The summed E-state index contributed by atoms with van der Waals surface area (Å²) in [7, 11) is -3.36. The fourth-order valence-electron chi connectivity index (χ4n) is 2.75. The molecule has 6 nitrogen and oxygen atoms in total. The van der Waals surface area contributed by atoms with Crippen LogP contribution in [-0.2, 0) is 10.0 Å². The molecule has 0 spiro atoms. The molecule has 0 aromatic carbocycles. The van der Waals surface area contributed by atoms with Crippen LogP contribution in [0.2, 0.25) is 0 Å². The molecule has 2 atom stereocenters. The molecular weight excluding hydrogens is 276 g/mol. The Labute approximate surface area is 113 Å². The first kappa shape index (κ1) is 13.8. The zero-order valence-electron chi connectivity index (χ0n) is 10.1. The topological polar surface area (TPSA) is 78.1 Å². The number of nitrogens with one attached hydrogen (secondary N) is 2. The highest BCUT2D eigenvalue weighted by Gasteiger charge is 2.42. The van der Waals surface area contributed by atoms with Gasteiger partial charge in [-0.1, -0.05) is 0 Å². The monoisotopic (exact) mass is 292 g/mol. The van der Waals surface area contributed by atoms with Crippen LogP contribution in [0.4, 0.5) is 0 Å². The number of aromatic nitrogens is 2. The zero-order valence-corrected chi connectivity index (χ0v) is 11.7. The molecule has 0 radical (unpaired) electrons. The van der Waals surface area contributed by atoms with Gasteiger partial charge < -0.3 is 5.32 Å². The molecule has 8 heteroatoms. The molecule has 2 fully saturated rings. The van der Waals surface area contributed by atoms with E-state index in [-0.39, 0.29) is 12.4 Å².